The van der Waals surface area contributed by atoms with Crippen LogP contribution >= 0.6 is 0 Å². The van der Waals surface area contributed by atoms with Crippen LogP contribution in [0, 0.1) is 0 Å². The highest BCUT2D eigenvalue weighted by molar-refractivity contribution is 5.82. The summed E-state index contributed by atoms with van der Waals surface area (Å²) < 4.78 is 0. The van der Waals surface area contributed by atoms with Crippen LogP contribution in [0.5, 0.6) is 0 Å². The number of aliphatic imine (C=N–C) groups is 1. The van der Waals surface area contributed by atoms with E-state index < -0.39 is 0 Å². The van der Waals surface area contributed by atoms with Crippen LogP contribution in [-0.2, 0) is 6.42 Å². The molecule has 58 valence electrons. The van der Waals surface area contributed by atoms with Crippen molar-refractivity contribution in [3.8, 4) is 0 Å². The quantitative estimate of drug-likeness (QED) is 0.628. The number of H-pyrrole nitrogens is 1. The van der Waals surface area contributed by atoms with E-state index in [0.717, 1.165) is 12.8 Å². The standard InChI is InChI=1S/C9H12N2/c1-2-8-5-9-7(6-11-8)3-4-10-9/h3-4,6,8,10H,2,5H2,1H3/t8-/m0/s1. The van der Waals surface area contributed by atoms with Crippen LogP contribution in [0.2, 0.25) is 0 Å². The summed E-state index contributed by atoms with van der Waals surface area (Å²) in [4.78, 5) is 7.65. The van der Waals surface area contributed by atoms with Gasteiger partial charge in [0, 0.05) is 30.1 Å². The fourth-order valence-corrected chi connectivity index (χ4v) is 1.44. The molecule has 2 rings (SSSR count). The van der Waals surface area contributed by atoms with E-state index >= 15 is 0 Å². The Kier molecular flexibility index (Phi) is 1.53. The second-order valence-electron chi connectivity index (χ2n) is 2.96. The molecule has 0 spiro atoms. The molecular formula is C9H12N2. The first-order chi connectivity index (χ1) is 5.40. The molecule has 0 unspecified atom stereocenters. The Balaban J connectivity index is 2.29. The molecule has 0 saturated carbocycles. The molecule has 1 atom stereocenters. The first-order valence-corrected chi connectivity index (χ1v) is 4.09. The van der Waals surface area contributed by atoms with Gasteiger partial charge in [-0.3, -0.25) is 4.99 Å². The zero-order valence-electron chi connectivity index (χ0n) is 6.67. The van der Waals surface area contributed by atoms with E-state index in [1.807, 2.05) is 12.4 Å². The van der Waals surface area contributed by atoms with Gasteiger partial charge in [-0.15, -0.1) is 0 Å². The first-order valence-electron chi connectivity index (χ1n) is 4.09. The van der Waals surface area contributed by atoms with Crippen molar-refractivity contribution in [3.05, 3.63) is 23.5 Å². The molecule has 11 heavy (non-hydrogen) atoms. The van der Waals surface area contributed by atoms with Gasteiger partial charge < -0.3 is 4.98 Å². The maximum atomic E-state index is 4.42. The molecule has 0 fully saturated rings. The minimum absolute atomic E-state index is 0.501. The maximum Gasteiger partial charge on any atom is 0.0552 e. The Morgan fingerprint density at radius 3 is 3.45 bits per heavy atom. The molecule has 0 aromatic carbocycles. The normalized spacial score (nSPS) is 21.7. The van der Waals surface area contributed by atoms with Crippen LogP contribution in [0.25, 0.3) is 0 Å². The summed E-state index contributed by atoms with van der Waals surface area (Å²) in [6, 6.07) is 2.58. The molecule has 0 saturated heterocycles. The van der Waals surface area contributed by atoms with E-state index in [9.17, 15) is 0 Å². The highest BCUT2D eigenvalue weighted by atomic mass is 14.8. The number of rotatable bonds is 1. The lowest BCUT2D eigenvalue weighted by molar-refractivity contribution is 0.636. The Morgan fingerprint density at radius 1 is 1.73 bits per heavy atom. The molecule has 1 aliphatic heterocycles. The van der Waals surface area contributed by atoms with Crippen LogP contribution in [0.1, 0.15) is 24.6 Å². The molecule has 1 N–H and O–H groups in total. The summed E-state index contributed by atoms with van der Waals surface area (Å²) in [5.74, 6) is 0. The Labute approximate surface area is 66.4 Å². The van der Waals surface area contributed by atoms with Crippen LogP contribution in [0.3, 0.4) is 0 Å². The van der Waals surface area contributed by atoms with Crippen molar-refractivity contribution >= 4 is 6.21 Å². The van der Waals surface area contributed by atoms with Crippen molar-refractivity contribution in [1.29, 1.82) is 0 Å². The average molecular weight is 148 g/mol. The number of nitrogens with zero attached hydrogens (tertiary/aromatic N) is 1. The monoisotopic (exact) mass is 148 g/mol. The van der Waals surface area contributed by atoms with Gasteiger partial charge >= 0.3 is 0 Å². The third kappa shape index (κ3) is 1.09. The van der Waals surface area contributed by atoms with Crippen molar-refractivity contribution < 1.29 is 0 Å². The molecule has 1 aliphatic rings. The summed E-state index contributed by atoms with van der Waals surface area (Å²) in [5, 5.41) is 0. The molecule has 0 radical (unpaired) electrons. The lowest BCUT2D eigenvalue weighted by Crippen LogP contribution is -2.13. The third-order valence-electron chi connectivity index (χ3n) is 2.20. The van der Waals surface area contributed by atoms with Gasteiger partial charge in [0.25, 0.3) is 0 Å². The number of fused-ring (bicyclic) bond motifs is 1. The molecule has 0 aliphatic carbocycles. The fraction of sp³-hybridized carbons (Fsp3) is 0.444. The maximum absolute atomic E-state index is 4.42. The number of nitrogens with one attached hydrogen (secondary N) is 1. The lowest BCUT2D eigenvalue weighted by Gasteiger charge is -2.13. The van der Waals surface area contributed by atoms with Gasteiger partial charge in [-0.2, -0.15) is 0 Å². The number of hydrogen-bond acceptors (Lipinski definition) is 1. The number of aromatic amines is 1. The predicted octanol–water partition coefficient (Wildman–Crippen LogP) is 1.77. The summed E-state index contributed by atoms with van der Waals surface area (Å²) in [6.45, 7) is 2.18. The van der Waals surface area contributed by atoms with Crippen LogP contribution < -0.4 is 0 Å². The highest BCUT2D eigenvalue weighted by Crippen LogP contribution is 2.15. The first kappa shape index (κ1) is 6.65. The van der Waals surface area contributed by atoms with Gasteiger partial charge in [-0.25, -0.2) is 0 Å². The molecule has 2 heteroatoms. The lowest BCUT2D eigenvalue weighted by atomic mass is 10.0. The SMILES string of the molecule is CC[C@H]1Cc2[nH]ccc2C=N1. The zero-order chi connectivity index (χ0) is 7.68. The predicted molar refractivity (Wildman–Crippen MR) is 46.2 cm³/mol. The van der Waals surface area contributed by atoms with Gasteiger partial charge in [-0.1, -0.05) is 6.92 Å². The summed E-state index contributed by atoms with van der Waals surface area (Å²) in [7, 11) is 0. The van der Waals surface area contributed by atoms with Gasteiger partial charge in [0.2, 0.25) is 0 Å². The van der Waals surface area contributed by atoms with Crippen molar-refractivity contribution in [3.63, 3.8) is 0 Å². The second kappa shape index (κ2) is 2.53. The Morgan fingerprint density at radius 2 is 2.64 bits per heavy atom. The largest absolute Gasteiger partial charge is 0.364 e. The molecule has 2 nitrogen and oxygen atoms in total. The van der Waals surface area contributed by atoms with E-state index in [2.05, 4.69) is 23.0 Å². The molecule has 2 heterocycles. The molecule has 1 aromatic rings. The average Bonchev–Trinajstić information content (AvgIpc) is 2.50. The number of hydrogen-bond donors (Lipinski definition) is 1. The summed E-state index contributed by atoms with van der Waals surface area (Å²) >= 11 is 0. The molecule has 0 bridgehead atoms. The molecular weight excluding hydrogens is 136 g/mol. The Hall–Kier alpha value is -1.05. The van der Waals surface area contributed by atoms with Crippen LogP contribution in [0.4, 0.5) is 0 Å². The van der Waals surface area contributed by atoms with E-state index in [1.54, 1.807) is 0 Å². The Bertz CT molecular complexity index is 273. The minimum atomic E-state index is 0.501. The van der Waals surface area contributed by atoms with Crippen LogP contribution in [0.15, 0.2) is 17.3 Å². The third-order valence-corrected chi connectivity index (χ3v) is 2.20. The highest BCUT2D eigenvalue weighted by Gasteiger charge is 2.12. The minimum Gasteiger partial charge on any atom is -0.364 e. The van der Waals surface area contributed by atoms with Crippen molar-refractivity contribution in [1.82, 2.24) is 4.98 Å². The fourth-order valence-electron chi connectivity index (χ4n) is 1.44. The summed E-state index contributed by atoms with van der Waals surface area (Å²) in [6.07, 6.45) is 6.17. The summed E-state index contributed by atoms with van der Waals surface area (Å²) in [5.41, 5.74) is 2.60. The van der Waals surface area contributed by atoms with Crippen molar-refractivity contribution in [2.45, 2.75) is 25.8 Å². The van der Waals surface area contributed by atoms with Gasteiger partial charge in [0.1, 0.15) is 0 Å². The van der Waals surface area contributed by atoms with E-state index in [1.165, 1.54) is 11.3 Å². The second-order valence-corrected chi connectivity index (χ2v) is 2.96. The van der Waals surface area contributed by atoms with E-state index in [4.69, 9.17) is 0 Å². The van der Waals surface area contributed by atoms with Gasteiger partial charge in [0.15, 0.2) is 0 Å². The van der Waals surface area contributed by atoms with Gasteiger partial charge in [0.05, 0.1) is 6.04 Å². The van der Waals surface area contributed by atoms with E-state index in [0.29, 0.717) is 6.04 Å². The smallest absolute Gasteiger partial charge is 0.0552 e. The van der Waals surface area contributed by atoms with Crippen molar-refractivity contribution in [2.24, 2.45) is 4.99 Å². The zero-order valence-corrected chi connectivity index (χ0v) is 6.67. The molecule has 0 amide bonds. The van der Waals surface area contributed by atoms with Gasteiger partial charge in [-0.05, 0) is 12.5 Å². The molecule has 1 aromatic heterocycles. The van der Waals surface area contributed by atoms with E-state index in [-0.39, 0.29) is 0 Å². The van der Waals surface area contributed by atoms with Crippen molar-refractivity contribution in [2.75, 3.05) is 0 Å². The van der Waals surface area contributed by atoms with Crippen LogP contribution in [-0.4, -0.2) is 17.2 Å². The number of aromatic nitrogens is 1. The topological polar surface area (TPSA) is 28.1 Å².